The van der Waals surface area contributed by atoms with E-state index in [0.717, 1.165) is 17.7 Å². The Kier molecular flexibility index (Phi) is 7.92. The van der Waals surface area contributed by atoms with Crippen LogP contribution in [-0.2, 0) is 4.79 Å². The lowest BCUT2D eigenvalue weighted by molar-refractivity contribution is -0.133. The molecular formula is C21H26ClF2N3O. The van der Waals surface area contributed by atoms with Crippen LogP contribution in [0.1, 0.15) is 30.1 Å². The third-order valence-corrected chi connectivity index (χ3v) is 5.25. The Morgan fingerprint density at radius 2 is 1.93 bits per heavy atom. The predicted octanol–water partition coefficient (Wildman–Crippen LogP) is 3.55. The number of carbonyl (C=O) groups excluding carboxylic acids is 1. The minimum Gasteiger partial charge on any atom is -0.338 e. The number of hydrogen-bond donors (Lipinski definition) is 1. The van der Waals surface area contributed by atoms with Gasteiger partial charge in [0.05, 0.1) is 12.6 Å². The molecule has 1 heterocycles. The van der Waals surface area contributed by atoms with Crippen LogP contribution < -0.4 is 5.32 Å². The zero-order valence-corrected chi connectivity index (χ0v) is 16.9. The molecule has 2 aromatic carbocycles. The topological polar surface area (TPSA) is 35.6 Å². The van der Waals surface area contributed by atoms with Gasteiger partial charge in [-0.2, -0.15) is 0 Å². The molecule has 1 saturated heterocycles. The Morgan fingerprint density at radius 3 is 2.61 bits per heavy atom. The second kappa shape index (κ2) is 9.96. The molecular weight excluding hydrogens is 384 g/mol. The maximum Gasteiger partial charge on any atom is 0.237 e. The third kappa shape index (κ3) is 5.28. The molecule has 0 bridgehead atoms. The van der Waals surface area contributed by atoms with Crippen LogP contribution in [0.25, 0.3) is 0 Å². The molecule has 0 spiro atoms. The van der Waals surface area contributed by atoms with Crippen molar-refractivity contribution in [2.45, 2.75) is 19.0 Å². The number of carbonyl (C=O) groups is 1. The Morgan fingerprint density at radius 1 is 1.21 bits per heavy atom. The van der Waals surface area contributed by atoms with E-state index in [0.29, 0.717) is 13.1 Å². The first-order chi connectivity index (χ1) is 13.0. The maximum absolute atomic E-state index is 13.6. The number of hydrogen-bond acceptors (Lipinski definition) is 3. The molecule has 1 aliphatic heterocycles. The van der Waals surface area contributed by atoms with E-state index in [1.165, 1.54) is 24.3 Å². The Balaban J connectivity index is 0.00000280. The fourth-order valence-corrected chi connectivity index (χ4v) is 3.44. The number of rotatable bonds is 5. The van der Waals surface area contributed by atoms with Gasteiger partial charge in [0.2, 0.25) is 5.91 Å². The quantitative estimate of drug-likeness (QED) is 0.820. The summed E-state index contributed by atoms with van der Waals surface area (Å²) >= 11 is 0. The summed E-state index contributed by atoms with van der Waals surface area (Å²) in [7, 11) is 1.76. The van der Waals surface area contributed by atoms with Gasteiger partial charge in [0.25, 0.3) is 0 Å². The predicted molar refractivity (Wildman–Crippen MR) is 108 cm³/mol. The number of halogens is 3. The van der Waals surface area contributed by atoms with Gasteiger partial charge >= 0.3 is 0 Å². The molecule has 2 atom stereocenters. The van der Waals surface area contributed by atoms with Crippen LogP contribution in [0.15, 0.2) is 48.5 Å². The molecule has 28 heavy (non-hydrogen) atoms. The van der Waals surface area contributed by atoms with Crippen molar-refractivity contribution >= 4 is 18.3 Å². The second-order valence-electron chi connectivity index (χ2n) is 6.98. The first-order valence-electron chi connectivity index (χ1n) is 9.17. The molecule has 0 saturated carbocycles. The average molecular weight is 410 g/mol. The summed E-state index contributed by atoms with van der Waals surface area (Å²) in [5.74, 6) is -0.583. The van der Waals surface area contributed by atoms with E-state index >= 15 is 0 Å². The van der Waals surface area contributed by atoms with Crippen LogP contribution >= 0.6 is 12.4 Å². The number of piperazine rings is 1. The maximum atomic E-state index is 13.6. The lowest BCUT2D eigenvalue weighted by atomic mass is 10.0. The Labute approximate surface area is 170 Å². The molecule has 1 amide bonds. The van der Waals surface area contributed by atoms with E-state index in [4.69, 9.17) is 0 Å². The molecule has 4 nitrogen and oxygen atoms in total. The molecule has 7 heteroatoms. The van der Waals surface area contributed by atoms with Crippen LogP contribution in [0.3, 0.4) is 0 Å². The highest BCUT2D eigenvalue weighted by atomic mass is 35.5. The van der Waals surface area contributed by atoms with Gasteiger partial charge < -0.3 is 10.2 Å². The summed E-state index contributed by atoms with van der Waals surface area (Å²) < 4.78 is 26.8. The van der Waals surface area contributed by atoms with Gasteiger partial charge in [-0.25, -0.2) is 8.78 Å². The van der Waals surface area contributed by atoms with Gasteiger partial charge in [-0.05, 0) is 42.3 Å². The molecule has 1 aliphatic rings. The van der Waals surface area contributed by atoms with Gasteiger partial charge in [0.15, 0.2) is 0 Å². The molecule has 0 radical (unpaired) electrons. The number of amides is 1. The normalized spacial score (nSPS) is 18.2. The Hall–Kier alpha value is -2.02. The van der Waals surface area contributed by atoms with Gasteiger partial charge in [-0.15, -0.1) is 12.4 Å². The minimum atomic E-state index is -0.293. The molecule has 1 N–H and O–H groups in total. The molecule has 0 aliphatic carbocycles. The molecule has 152 valence electrons. The van der Waals surface area contributed by atoms with Crippen molar-refractivity contribution in [1.82, 2.24) is 15.1 Å². The van der Waals surface area contributed by atoms with Crippen LogP contribution in [0.5, 0.6) is 0 Å². The fraction of sp³-hybridized carbons (Fsp3) is 0.381. The van der Waals surface area contributed by atoms with Gasteiger partial charge in [-0.3, -0.25) is 9.69 Å². The first-order valence-corrected chi connectivity index (χ1v) is 9.17. The van der Waals surface area contributed by atoms with Crippen molar-refractivity contribution in [2.24, 2.45) is 0 Å². The van der Waals surface area contributed by atoms with E-state index in [1.807, 2.05) is 13.0 Å². The molecule has 1 fully saturated rings. The van der Waals surface area contributed by atoms with Crippen LogP contribution in [0.2, 0.25) is 0 Å². The molecule has 3 rings (SSSR count). The minimum absolute atomic E-state index is 0. The van der Waals surface area contributed by atoms with E-state index in [1.54, 1.807) is 30.1 Å². The number of nitrogens with zero attached hydrogens (tertiary/aromatic N) is 2. The number of nitrogens with one attached hydrogen (secondary N) is 1. The highest BCUT2D eigenvalue weighted by molar-refractivity contribution is 5.85. The summed E-state index contributed by atoms with van der Waals surface area (Å²) in [6, 6.07) is 12.5. The molecule has 2 aromatic rings. The van der Waals surface area contributed by atoms with Crippen molar-refractivity contribution in [3.05, 3.63) is 71.3 Å². The fourth-order valence-electron chi connectivity index (χ4n) is 3.44. The van der Waals surface area contributed by atoms with Crippen molar-refractivity contribution < 1.29 is 13.6 Å². The van der Waals surface area contributed by atoms with Gasteiger partial charge in [0, 0.05) is 32.7 Å². The van der Waals surface area contributed by atoms with Crippen LogP contribution in [0, 0.1) is 11.6 Å². The largest absolute Gasteiger partial charge is 0.338 e. The van der Waals surface area contributed by atoms with E-state index in [-0.39, 0.29) is 48.6 Å². The van der Waals surface area contributed by atoms with Crippen molar-refractivity contribution in [1.29, 1.82) is 0 Å². The van der Waals surface area contributed by atoms with E-state index < -0.39 is 0 Å². The van der Waals surface area contributed by atoms with Crippen molar-refractivity contribution in [2.75, 3.05) is 33.2 Å². The summed E-state index contributed by atoms with van der Waals surface area (Å²) in [4.78, 5) is 16.6. The zero-order chi connectivity index (χ0) is 19.4. The number of likely N-dealkylation sites (N-methyl/N-ethyl adjacent to an activating group) is 1. The van der Waals surface area contributed by atoms with Crippen molar-refractivity contribution in [3.63, 3.8) is 0 Å². The molecule has 2 unspecified atom stereocenters. The highest BCUT2D eigenvalue weighted by Crippen LogP contribution is 2.24. The van der Waals surface area contributed by atoms with E-state index in [9.17, 15) is 13.6 Å². The number of benzene rings is 2. The van der Waals surface area contributed by atoms with E-state index in [2.05, 4.69) is 10.2 Å². The second-order valence-corrected chi connectivity index (χ2v) is 6.98. The monoisotopic (exact) mass is 409 g/mol. The Bertz CT molecular complexity index is 787. The third-order valence-electron chi connectivity index (χ3n) is 5.25. The van der Waals surface area contributed by atoms with Crippen LogP contribution in [0.4, 0.5) is 8.78 Å². The van der Waals surface area contributed by atoms with Crippen LogP contribution in [-0.4, -0.2) is 48.9 Å². The lowest BCUT2D eigenvalue weighted by Crippen LogP contribution is -2.50. The first kappa shape index (κ1) is 22.3. The van der Waals surface area contributed by atoms with Crippen molar-refractivity contribution in [3.8, 4) is 0 Å². The molecule has 0 aromatic heterocycles. The lowest BCUT2D eigenvalue weighted by Gasteiger charge is -2.37. The zero-order valence-electron chi connectivity index (χ0n) is 16.1. The smallest absolute Gasteiger partial charge is 0.237 e. The summed E-state index contributed by atoms with van der Waals surface area (Å²) in [5, 5.41) is 3.31. The average Bonchev–Trinajstić information content (AvgIpc) is 2.68. The summed E-state index contributed by atoms with van der Waals surface area (Å²) in [6.07, 6.45) is 0. The standard InChI is InChI=1S/C21H25F2N3O.ClH/c1-15(16-6-8-18(22)9-7-16)25(2)21(27)14-26-11-10-24-13-20(26)17-4-3-5-19(23)12-17;/h3-9,12,15,20,24H,10-11,13-14H2,1-2H3;1H. The summed E-state index contributed by atoms with van der Waals surface area (Å²) in [5.41, 5.74) is 1.75. The summed E-state index contributed by atoms with van der Waals surface area (Å²) in [6.45, 7) is 4.35. The van der Waals surface area contributed by atoms with Gasteiger partial charge in [-0.1, -0.05) is 24.3 Å². The highest BCUT2D eigenvalue weighted by Gasteiger charge is 2.28. The van der Waals surface area contributed by atoms with Gasteiger partial charge in [0.1, 0.15) is 11.6 Å². The SMILES string of the molecule is CC(c1ccc(F)cc1)N(C)C(=O)CN1CCNCC1c1cccc(F)c1.Cl.